The first-order valence-electron chi connectivity index (χ1n) is 5.88. The molecule has 0 aliphatic carbocycles. The Bertz CT molecular complexity index is 333. The summed E-state index contributed by atoms with van der Waals surface area (Å²) in [5.41, 5.74) is 1.16. The molecule has 0 amide bonds. The normalized spacial score (nSPS) is 10.8. The molecule has 1 rings (SSSR count). The summed E-state index contributed by atoms with van der Waals surface area (Å²) in [4.78, 5) is 1.20. The van der Waals surface area contributed by atoms with E-state index >= 15 is 0 Å². The van der Waals surface area contributed by atoms with Crippen LogP contribution in [0.5, 0.6) is 0 Å². The number of thioether (sulfide) groups is 1. The van der Waals surface area contributed by atoms with Gasteiger partial charge in [0.2, 0.25) is 0 Å². The standard InChI is InChI=1S/C13H20ClNOS/c1-3-6-15-10-11-4-5-12(9-13(11)14)17-8-7-16-2/h4-5,9,15H,3,6-8,10H2,1-2H3. The van der Waals surface area contributed by atoms with Crippen LogP contribution in [-0.4, -0.2) is 26.0 Å². The van der Waals surface area contributed by atoms with E-state index in [4.69, 9.17) is 16.3 Å². The molecule has 0 unspecified atom stereocenters. The number of rotatable bonds is 8. The van der Waals surface area contributed by atoms with Gasteiger partial charge in [0.1, 0.15) is 0 Å². The predicted molar refractivity (Wildman–Crippen MR) is 76.0 cm³/mol. The van der Waals surface area contributed by atoms with E-state index in [1.165, 1.54) is 4.90 Å². The molecule has 17 heavy (non-hydrogen) atoms. The third kappa shape index (κ3) is 5.77. The Morgan fingerprint density at radius 3 is 2.88 bits per heavy atom. The molecule has 0 bridgehead atoms. The van der Waals surface area contributed by atoms with Crippen LogP contribution in [0.3, 0.4) is 0 Å². The molecule has 0 heterocycles. The highest BCUT2D eigenvalue weighted by Gasteiger charge is 2.02. The van der Waals surface area contributed by atoms with Crippen molar-refractivity contribution in [2.75, 3.05) is 26.0 Å². The van der Waals surface area contributed by atoms with E-state index in [-0.39, 0.29) is 0 Å². The first-order chi connectivity index (χ1) is 8.27. The molecule has 0 atom stereocenters. The average Bonchev–Trinajstić information content (AvgIpc) is 2.32. The highest BCUT2D eigenvalue weighted by Crippen LogP contribution is 2.24. The summed E-state index contributed by atoms with van der Waals surface area (Å²) >= 11 is 8.00. The number of hydrogen-bond donors (Lipinski definition) is 1. The number of nitrogens with one attached hydrogen (secondary N) is 1. The third-order valence-corrected chi connectivity index (χ3v) is 3.63. The van der Waals surface area contributed by atoms with Crippen molar-refractivity contribution < 1.29 is 4.74 Å². The molecule has 0 fully saturated rings. The Labute approximate surface area is 113 Å². The van der Waals surface area contributed by atoms with Gasteiger partial charge in [-0.2, -0.15) is 0 Å². The smallest absolute Gasteiger partial charge is 0.0556 e. The fourth-order valence-electron chi connectivity index (χ4n) is 1.40. The maximum absolute atomic E-state index is 6.24. The zero-order chi connectivity index (χ0) is 12.5. The van der Waals surface area contributed by atoms with E-state index in [0.717, 1.165) is 42.5 Å². The summed E-state index contributed by atoms with van der Waals surface area (Å²) in [5, 5.41) is 4.20. The van der Waals surface area contributed by atoms with Gasteiger partial charge in [0.25, 0.3) is 0 Å². The Morgan fingerprint density at radius 2 is 2.24 bits per heavy atom. The van der Waals surface area contributed by atoms with Gasteiger partial charge in [-0.3, -0.25) is 0 Å². The molecule has 0 saturated heterocycles. The lowest BCUT2D eigenvalue weighted by Crippen LogP contribution is -2.13. The molecule has 0 aliphatic heterocycles. The fourth-order valence-corrected chi connectivity index (χ4v) is 2.57. The lowest BCUT2D eigenvalue weighted by molar-refractivity contribution is 0.218. The van der Waals surface area contributed by atoms with E-state index in [0.29, 0.717) is 0 Å². The van der Waals surface area contributed by atoms with Gasteiger partial charge in [-0.15, -0.1) is 11.8 Å². The summed E-state index contributed by atoms with van der Waals surface area (Å²) in [6.45, 7) is 4.79. The lowest BCUT2D eigenvalue weighted by atomic mass is 10.2. The fraction of sp³-hybridized carbons (Fsp3) is 0.538. The molecule has 0 aromatic heterocycles. The topological polar surface area (TPSA) is 21.3 Å². The molecule has 1 N–H and O–H groups in total. The molecule has 4 heteroatoms. The van der Waals surface area contributed by atoms with Crippen molar-refractivity contribution in [3.05, 3.63) is 28.8 Å². The van der Waals surface area contributed by atoms with Crippen LogP contribution in [0.1, 0.15) is 18.9 Å². The molecular weight excluding hydrogens is 254 g/mol. The average molecular weight is 274 g/mol. The van der Waals surface area contributed by atoms with Crippen LogP contribution in [0.25, 0.3) is 0 Å². The quantitative estimate of drug-likeness (QED) is 0.578. The second-order valence-electron chi connectivity index (χ2n) is 3.77. The number of methoxy groups -OCH3 is 1. The van der Waals surface area contributed by atoms with Crippen LogP contribution in [0.4, 0.5) is 0 Å². The van der Waals surface area contributed by atoms with Gasteiger partial charge in [-0.05, 0) is 30.7 Å². The van der Waals surface area contributed by atoms with Crippen molar-refractivity contribution in [1.82, 2.24) is 5.32 Å². The zero-order valence-electron chi connectivity index (χ0n) is 10.5. The first-order valence-corrected chi connectivity index (χ1v) is 7.25. The second kappa shape index (κ2) is 8.81. The molecule has 0 saturated carbocycles. The van der Waals surface area contributed by atoms with E-state index in [1.807, 2.05) is 6.07 Å². The summed E-state index contributed by atoms with van der Waals surface area (Å²) in [7, 11) is 1.72. The number of halogens is 1. The number of benzene rings is 1. The summed E-state index contributed by atoms with van der Waals surface area (Å²) < 4.78 is 5.02. The van der Waals surface area contributed by atoms with Crippen LogP contribution in [0.15, 0.2) is 23.1 Å². The third-order valence-electron chi connectivity index (χ3n) is 2.32. The maximum atomic E-state index is 6.24. The Morgan fingerprint density at radius 1 is 1.41 bits per heavy atom. The molecular formula is C13H20ClNOS. The molecule has 1 aromatic rings. The van der Waals surface area contributed by atoms with E-state index in [1.54, 1.807) is 18.9 Å². The lowest BCUT2D eigenvalue weighted by Gasteiger charge is -2.08. The number of ether oxygens (including phenoxy) is 1. The molecule has 0 aliphatic rings. The number of hydrogen-bond acceptors (Lipinski definition) is 3. The SMILES string of the molecule is CCCNCc1ccc(SCCOC)cc1Cl. The van der Waals surface area contributed by atoms with Crippen molar-refractivity contribution in [1.29, 1.82) is 0 Å². The van der Waals surface area contributed by atoms with Crippen LogP contribution in [0, 0.1) is 0 Å². The first kappa shape index (κ1) is 14.8. The van der Waals surface area contributed by atoms with E-state index < -0.39 is 0 Å². The Hall–Kier alpha value is -0.220. The highest BCUT2D eigenvalue weighted by atomic mass is 35.5. The van der Waals surface area contributed by atoms with Crippen molar-refractivity contribution in [3.63, 3.8) is 0 Å². The molecule has 96 valence electrons. The zero-order valence-corrected chi connectivity index (χ0v) is 12.0. The largest absolute Gasteiger partial charge is 0.384 e. The predicted octanol–water partition coefficient (Wildman–Crippen LogP) is 3.58. The van der Waals surface area contributed by atoms with Crippen LogP contribution < -0.4 is 5.32 Å². The summed E-state index contributed by atoms with van der Waals surface area (Å²) in [5.74, 6) is 0.959. The van der Waals surface area contributed by atoms with Crippen molar-refractivity contribution in [3.8, 4) is 0 Å². The highest BCUT2D eigenvalue weighted by molar-refractivity contribution is 7.99. The van der Waals surface area contributed by atoms with Crippen molar-refractivity contribution in [2.45, 2.75) is 24.8 Å². The van der Waals surface area contributed by atoms with Crippen molar-refractivity contribution in [2.24, 2.45) is 0 Å². The van der Waals surface area contributed by atoms with Gasteiger partial charge >= 0.3 is 0 Å². The Balaban J connectivity index is 2.47. The second-order valence-corrected chi connectivity index (χ2v) is 5.35. The van der Waals surface area contributed by atoms with Crippen LogP contribution in [0.2, 0.25) is 5.02 Å². The van der Waals surface area contributed by atoms with Gasteiger partial charge in [-0.1, -0.05) is 24.6 Å². The minimum absolute atomic E-state index is 0.766. The van der Waals surface area contributed by atoms with Crippen LogP contribution in [-0.2, 0) is 11.3 Å². The van der Waals surface area contributed by atoms with E-state index in [9.17, 15) is 0 Å². The Kier molecular flexibility index (Phi) is 7.69. The maximum Gasteiger partial charge on any atom is 0.0556 e. The molecule has 0 spiro atoms. The molecule has 1 aromatic carbocycles. The molecule has 2 nitrogen and oxygen atoms in total. The van der Waals surface area contributed by atoms with Gasteiger partial charge in [0.15, 0.2) is 0 Å². The van der Waals surface area contributed by atoms with E-state index in [2.05, 4.69) is 24.4 Å². The van der Waals surface area contributed by atoms with Gasteiger partial charge in [-0.25, -0.2) is 0 Å². The van der Waals surface area contributed by atoms with Gasteiger partial charge < -0.3 is 10.1 Å². The van der Waals surface area contributed by atoms with Crippen LogP contribution >= 0.6 is 23.4 Å². The molecule has 0 radical (unpaired) electrons. The van der Waals surface area contributed by atoms with Gasteiger partial charge in [0, 0.05) is 29.3 Å². The van der Waals surface area contributed by atoms with Crippen molar-refractivity contribution >= 4 is 23.4 Å². The van der Waals surface area contributed by atoms with Gasteiger partial charge in [0.05, 0.1) is 6.61 Å². The monoisotopic (exact) mass is 273 g/mol. The minimum Gasteiger partial charge on any atom is -0.384 e. The summed E-state index contributed by atoms with van der Waals surface area (Å²) in [6, 6.07) is 6.25. The minimum atomic E-state index is 0.766. The summed E-state index contributed by atoms with van der Waals surface area (Å²) in [6.07, 6.45) is 1.14.